The van der Waals surface area contributed by atoms with E-state index < -0.39 is 0 Å². The molecule has 2 rings (SSSR count). The molecule has 0 spiro atoms. The monoisotopic (exact) mass is 310 g/mol. The summed E-state index contributed by atoms with van der Waals surface area (Å²) in [5.74, 6) is 0. The Kier molecular flexibility index (Phi) is 10.2. The maximum atomic E-state index is 3.57. The summed E-state index contributed by atoms with van der Waals surface area (Å²) in [4.78, 5) is 5.26. The second kappa shape index (κ2) is 12.3. The van der Waals surface area contributed by atoms with Crippen LogP contribution in [0.1, 0.15) is 51.4 Å². The normalized spacial score (nSPS) is 21.3. The molecule has 0 unspecified atom stereocenters. The molecule has 0 aliphatic carbocycles. The first-order chi connectivity index (χ1) is 10.9. The second-order valence-electron chi connectivity index (χ2n) is 7.01. The molecule has 0 aromatic carbocycles. The first-order valence-electron chi connectivity index (χ1n) is 9.81. The third-order valence-electron chi connectivity index (χ3n) is 5.03. The average molecular weight is 311 g/mol. The molecule has 2 aliphatic rings. The van der Waals surface area contributed by atoms with E-state index in [1.807, 2.05) is 0 Å². The molecule has 0 amide bonds. The lowest BCUT2D eigenvalue weighted by Gasteiger charge is -2.26. The number of nitrogens with one attached hydrogen (secondary N) is 2. The number of piperidine rings is 2. The van der Waals surface area contributed by atoms with E-state index in [0.29, 0.717) is 0 Å². The van der Waals surface area contributed by atoms with Crippen LogP contribution in [0.2, 0.25) is 0 Å². The fraction of sp³-hybridized carbons (Fsp3) is 1.00. The molecular weight excluding hydrogens is 272 g/mol. The van der Waals surface area contributed by atoms with Crippen molar-refractivity contribution in [2.24, 2.45) is 0 Å². The molecule has 2 aliphatic heterocycles. The summed E-state index contributed by atoms with van der Waals surface area (Å²) in [6, 6.07) is 0. The number of hydrogen-bond acceptors (Lipinski definition) is 4. The highest BCUT2D eigenvalue weighted by Gasteiger charge is 2.09. The average Bonchev–Trinajstić information content (AvgIpc) is 2.58. The van der Waals surface area contributed by atoms with Gasteiger partial charge in [-0.15, -0.1) is 0 Å². The fourth-order valence-electron chi connectivity index (χ4n) is 3.65. The SMILES string of the molecule is C1CCN(CCCNCCNCCCN2CCCCC2)CC1. The van der Waals surface area contributed by atoms with E-state index in [-0.39, 0.29) is 0 Å². The van der Waals surface area contributed by atoms with Gasteiger partial charge in [-0.3, -0.25) is 0 Å². The summed E-state index contributed by atoms with van der Waals surface area (Å²) in [6.45, 7) is 12.5. The molecule has 0 atom stereocenters. The van der Waals surface area contributed by atoms with Gasteiger partial charge in [-0.05, 0) is 90.9 Å². The van der Waals surface area contributed by atoms with Crippen LogP contribution in [0.4, 0.5) is 0 Å². The number of rotatable bonds is 11. The predicted molar refractivity (Wildman–Crippen MR) is 95.6 cm³/mol. The molecular formula is C18H38N4. The molecule has 0 bridgehead atoms. The van der Waals surface area contributed by atoms with Crippen molar-refractivity contribution >= 4 is 0 Å². The Morgan fingerprint density at radius 3 is 1.32 bits per heavy atom. The van der Waals surface area contributed by atoms with Crippen LogP contribution < -0.4 is 10.6 Å². The minimum Gasteiger partial charge on any atom is -0.315 e. The largest absolute Gasteiger partial charge is 0.315 e. The molecule has 0 aromatic heterocycles. The van der Waals surface area contributed by atoms with Crippen molar-refractivity contribution in [1.29, 1.82) is 0 Å². The number of hydrogen-bond donors (Lipinski definition) is 2. The highest BCUT2D eigenvalue weighted by Crippen LogP contribution is 2.09. The van der Waals surface area contributed by atoms with Gasteiger partial charge in [0, 0.05) is 13.1 Å². The van der Waals surface area contributed by atoms with Crippen LogP contribution in [0, 0.1) is 0 Å². The molecule has 4 heteroatoms. The van der Waals surface area contributed by atoms with Crippen LogP contribution in [0.3, 0.4) is 0 Å². The van der Waals surface area contributed by atoms with Gasteiger partial charge in [-0.25, -0.2) is 0 Å². The van der Waals surface area contributed by atoms with Gasteiger partial charge in [0.25, 0.3) is 0 Å². The molecule has 2 fully saturated rings. The third kappa shape index (κ3) is 8.47. The van der Waals surface area contributed by atoms with Gasteiger partial charge in [0.1, 0.15) is 0 Å². The van der Waals surface area contributed by atoms with Crippen molar-refractivity contribution in [3.8, 4) is 0 Å². The summed E-state index contributed by atoms with van der Waals surface area (Å²) in [6.07, 6.45) is 11.1. The van der Waals surface area contributed by atoms with E-state index in [1.165, 1.54) is 104 Å². The molecule has 130 valence electrons. The van der Waals surface area contributed by atoms with Gasteiger partial charge in [0.05, 0.1) is 0 Å². The Morgan fingerprint density at radius 1 is 0.500 bits per heavy atom. The van der Waals surface area contributed by atoms with Crippen LogP contribution in [0.15, 0.2) is 0 Å². The van der Waals surface area contributed by atoms with E-state index >= 15 is 0 Å². The summed E-state index contributed by atoms with van der Waals surface area (Å²) in [5.41, 5.74) is 0. The topological polar surface area (TPSA) is 30.5 Å². The van der Waals surface area contributed by atoms with Crippen molar-refractivity contribution in [3.63, 3.8) is 0 Å². The fourth-order valence-corrected chi connectivity index (χ4v) is 3.65. The maximum absolute atomic E-state index is 3.57. The van der Waals surface area contributed by atoms with Gasteiger partial charge in [0.15, 0.2) is 0 Å². The van der Waals surface area contributed by atoms with Crippen molar-refractivity contribution in [3.05, 3.63) is 0 Å². The highest BCUT2D eigenvalue weighted by atomic mass is 15.1. The summed E-state index contributed by atoms with van der Waals surface area (Å²) in [7, 11) is 0. The molecule has 4 nitrogen and oxygen atoms in total. The van der Waals surface area contributed by atoms with Gasteiger partial charge in [-0.2, -0.15) is 0 Å². The molecule has 0 aromatic rings. The number of nitrogens with zero attached hydrogens (tertiary/aromatic N) is 2. The maximum Gasteiger partial charge on any atom is 0.00767 e. The lowest BCUT2D eigenvalue weighted by molar-refractivity contribution is 0.225. The molecule has 2 saturated heterocycles. The Hall–Kier alpha value is -0.160. The van der Waals surface area contributed by atoms with Crippen molar-refractivity contribution < 1.29 is 0 Å². The quantitative estimate of drug-likeness (QED) is 0.571. The molecule has 0 radical (unpaired) electrons. The van der Waals surface area contributed by atoms with Crippen LogP contribution >= 0.6 is 0 Å². The zero-order valence-electron chi connectivity index (χ0n) is 14.6. The Labute approximate surface area is 138 Å². The Bertz CT molecular complexity index is 221. The van der Waals surface area contributed by atoms with Crippen LogP contribution in [0.5, 0.6) is 0 Å². The third-order valence-corrected chi connectivity index (χ3v) is 5.03. The standard InChI is InChI=1S/C18H38N4/c1-3-13-21(14-4-1)17-7-9-19-11-12-20-10-8-18-22-15-5-2-6-16-22/h19-20H,1-18H2. The van der Waals surface area contributed by atoms with Crippen molar-refractivity contribution in [2.45, 2.75) is 51.4 Å². The van der Waals surface area contributed by atoms with Crippen LogP contribution in [-0.4, -0.2) is 75.2 Å². The van der Waals surface area contributed by atoms with E-state index in [1.54, 1.807) is 0 Å². The zero-order chi connectivity index (χ0) is 15.3. The Balaban J connectivity index is 1.28. The first-order valence-corrected chi connectivity index (χ1v) is 9.81. The number of likely N-dealkylation sites (tertiary alicyclic amines) is 2. The highest BCUT2D eigenvalue weighted by molar-refractivity contribution is 4.66. The van der Waals surface area contributed by atoms with Crippen molar-refractivity contribution in [2.75, 3.05) is 65.4 Å². The molecule has 0 saturated carbocycles. The molecule has 2 heterocycles. The lowest BCUT2D eigenvalue weighted by atomic mass is 10.1. The van der Waals surface area contributed by atoms with Gasteiger partial charge in [-0.1, -0.05) is 12.8 Å². The summed E-state index contributed by atoms with van der Waals surface area (Å²) < 4.78 is 0. The van der Waals surface area contributed by atoms with Crippen LogP contribution in [0.25, 0.3) is 0 Å². The molecule has 2 N–H and O–H groups in total. The van der Waals surface area contributed by atoms with E-state index in [2.05, 4.69) is 20.4 Å². The van der Waals surface area contributed by atoms with E-state index in [9.17, 15) is 0 Å². The first kappa shape index (κ1) is 18.2. The second-order valence-corrected chi connectivity index (χ2v) is 7.01. The smallest absolute Gasteiger partial charge is 0.00767 e. The minimum absolute atomic E-state index is 1.11. The zero-order valence-corrected chi connectivity index (χ0v) is 14.6. The predicted octanol–water partition coefficient (Wildman–Crippen LogP) is 1.92. The lowest BCUT2D eigenvalue weighted by Crippen LogP contribution is -2.34. The van der Waals surface area contributed by atoms with Crippen LogP contribution in [-0.2, 0) is 0 Å². The summed E-state index contributed by atoms with van der Waals surface area (Å²) in [5, 5.41) is 7.13. The van der Waals surface area contributed by atoms with Crippen molar-refractivity contribution in [1.82, 2.24) is 20.4 Å². The molecule has 22 heavy (non-hydrogen) atoms. The van der Waals surface area contributed by atoms with Gasteiger partial charge < -0.3 is 20.4 Å². The van der Waals surface area contributed by atoms with E-state index in [4.69, 9.17) is 0 Å². The Morgan fingerprint density at radius 2 is 0.909 bits per heavy atom. The van der Waals surface area contributed by atoms with Gasteiger partial charge >= 0.3 is 0 Å². The van der Waals surface area contributed by atoms with E-state index in [0.717, 1.165) is 13.1 Å². The van der Waals surface area contributed by atoms with Gasteiger partial charge in [0.2, 0.25) is 0 Å². The summed E-state index contributed by atoms with van der Waals surface area (Å²) >= 11 is 0. The minimum atomic E-state index is 1.11.